The molecule has 0 fully saturated rings. The quantitative estimate of drug-likeness (QED) is 0.316. The van der Waals surface area contributed by atoms with Crippen LogP contribution in [-0.2, 0) is 16.4 Å². The Bertz CT molecular complexity index is 1270. The molecule has 0 saturated heterocycles. The zero-order valence-corrected chi connectivity index (χ0v) is 18.4. The Morgan fingerprint density at radius 1 is 1.16 bits per heavy atom. The second-order valence-corrected chi connectivity index (χ2v) is 8.93. The summed E-state index contributed by atoms with van der Waals surface area (Å²) in [5, 5.41) is 4.07. The summed E-state index contributed by atoms with van der Waals surface area (Å²) in [6.45, 7) is 3.91. The molecule has 0 unspecified atom stereocenters. The van der Waals surface area contributed by atoms with Crippen LogP contribution in [0.1, 0.15) is 33.1 Å². The Kier molecular flexibility index (Phi) is 6.30. The maximum atomic E-state index is 14.9. The van der Waals surface area contributed by atoms with E-state index in [9.17, 15) is 17.6 Å². The molecule has 8 nitrogen and oxygen atoms in total. The highest BCUT2D eigenvalue weighted by molar-refractivity contribution is 7.90. The van der Waals surface area contributed by atoms with E-state index in [0.717, 1.165) is 29.1 Å². The summed E-state index contributed by atoms with van der Waals surface area (Å²) >= 11 is 0. The van der Waals surface area contributed by atoms with E-state index in [2.05, 4.69) is 14.5 Å². The Hall–Kier alpha value is -3.40. The predicted molar refractivity (Wildman–Crippen MR) is 115 cm³/mol. The molecule has 10 heteroatoms. The average Bonchev–Trinajstić information content (AvgIpc) is 3.12. The molecule has 0 N–H and O–H groups in total. The summed E-state index contributed by atoms with van der Waals surface area (Å²) in [4.78, 5) is 16.6. The molecule has 0 aliphatic carbocycles. The van der Waals surface area contributed by atoms with Gasteiger partial charge in [-0.25, -0.2) is 14.1 Å². The van der Waals surface area contributed by atoms with Crippen LogP contribution in [0, 0.1) is 19.7 Å². The van der Waals surface area contributed by atoms with Crippen molar-refractivity contribution < 1.29 is 17.6 Å². The van der Waals surface area contributed by atoms with Crippen LogP contribution in [0.2, 0.25) is 0 Å². The van der Waals surface area contributed by atoms with Crippen molar-refractivity contribution in [2.75, 3.05) is 14.1 Å². The smallest absolute Gasteiger partial charge is 0.283 e. The standard InChI is InChI=1S/C21H22FN5O3S/c1-14-5-6-15(2)16(9-14)10-21-24-20(12-28)25-27(21)19-8-7-17(11-18(19)22)31(29,30)23-13-26(3)4/h5-9,11-13H,10H2,1-4H3/b23-13+. The first kappa shape index (κ1) is 22.3. The molecular weight excluding hydrogens is 421 g/mol. The molecule has 3 rings (SSSR count). The number of hydrogen-bond donors (Lipinski definition) is 0. The van der Waals surface area contributed by atoms with Crippen molar-refractivity contribution in [3.63, 3.8) is 0 Å². The summed E-state index contributed by atoms with van der Waals surface area (Å²) in [5.74, 6) is -0.561. The van der Waals surface area contributed by atoms with Crippen LogP contribution in [0.4, 0.5) is 4.39 Å². The van der Waals surface area contributed by atoms with E-state index in [-0.39, 0.29) is 16.4 Å². The van der Waals surface area contributed by atoms with Gasteiger partial charge in [0.2, 0.25) is 5.82 Å². The Balaban J connectivity index is 2.04. The minimum Gasteiger partial charge on any atom is -0.368 e. The third-order valence-electron chi connectivity index (χ3n) is 4.51. The fraction of sp³-hybridized carbons (Fsp3) is 0.238. The molecule has 0 amide bonds. The van der Waals surface area contributed by atoms with Gasteiger partial charge in [-0.2, -0.15) is 8.42 Å². The van der Waals surface area contributed by atoms with Crippen molar-refractivity contribution in [3.05, 3.63) is 70.6 Å². The molecule has 0 aliphatic heterocycles. The van der Waals surface area contributed by atoms with Crippen LogP contribution in [0.5, 0.6) is 0 Å². The van der Waals surface area contributed by atoms with Crippen molar-refractivity contribution in [3.8, 4) is 5.69 Å². The van der Waals surface area contributed by atoms with Gasteiger partial charge in [0.15, 0.2) is 6.29 Å². The minimum atomic E-state index is -4.06. The molecule has 0 spiro atoms. The van der Waals surface area contributed by atoms with Crippen LogP contribution in [0.3, 0.4) is 0 Å². The van der Waals surface area contributed by atoms with Gasteiger partial charge in [-0.15, -0.1) is 9.50 Å². The lowest BCUT2D eigenvalue weighted by Crippen LogP contribution is -2.11. The number of halogens is 1. The topological polar surface area (TPSA) is 97.5 Å². The van der Waals surface area contributed by atoms with E-state index in [1.165, 1.54) is 21.7 Å². The van der Waals surface area contributed by atoms with Crippen LogP contribution >= 0.6 is 0 Å². The SMILES string of the molecule is Cc1ccc(C)c(Cc2nc(C=O)nn2-c2ccc(S(=O)(=O)/N=C/N(C)C)cc2F)c1. The second kappa shape index (κ2) is 8.76. The number of aromatic nitrogens is 3. The maximum Gasteiger partial charge on any atom is 0.283 e. The number of sulfonamides is 1. The predicted octanol–water partition coefficient (Wildman–Crippen LogP) is 2.71. The molecule has 0 saturated carbocycles. The molecule has 0 bridgehead atoms. The van der Waals surface area contributed by atoms with Crippen molar-refractivity contribution in [1.29, 1.82) is 0 Å². The number of benzene rings is 2. The van der Waals surface area contributed by atoms with Crippen LogP contribution in [0.25, 0.3) is 5.69 Å². The summed E-state index contributed by atoms with van der Waals surface area (Å²) in [5.41, 5.74) is 3.02. The molecule has 0 atom stereocenters. The molecule has 31 heavy (non-hydrogen) atoms. The summed E-state index contributed by atoms with van der Waals surface area (Å²) < 4.78 is 44.2. The first-order valence-corrected chi connectivity index (χ1v) is 10.8. The zero-order valence-electron chi connectivity index (χ0n) is 17.6. The lowest BCUT2D eigenvalue weighted by Gasteiger charge is -2.10. The van der Waals surface area contributed by atoms with Crippen molar-refractivity contribution in [2.24, 2.45) is 4.40 Å². The van der Waals surface area contributed by atoms with Gasteiger partial charge in [-0.05, 0) is 43.2 Å². The molecule has 1 heterocycles. The Morgan fingerprint density at radius 2 is 1.90 bits per heavy atom. The molecule has 0 aliphatic rings. The van der Waals surface area contributed by atoms with Gasteiger partial charge >= 0.3 is 0 Å². The van der Waals surface area contributed by atoms with Gasteiger partial charge in [0, 0.05) is 20.5 Å². The fourth-order valence-corrected chi connectivity index (χ4v) is 3.84. The van der Waals surface area contributed by atoms with Crippen molar-refractivity contribution in [1.82, 2.24) is 19.7 Å². The van der Waals surface area contributed by atoms with E-state index in [1.807, 2.05) is 32.0 Å². The summed E-state index contributed by atoms with van der Waals surface area (Å²) in [6.07, 6.45) is 1.92. The first-order valence-electron chi connectivity index (χ1n) is 9.35. The van der Waals surface area contributed by atoms with Crippen molar-refractivity contribution in [2.45, 2.75) is 25.2 Å². The third-order valence-corrected chi connectivity index (χ3v) is 5.73. The lowest BCUT2D eigenvalue weighted by molar-refractivity contribution is 0.111. The number of nitrogens with zero attached hydrogens (tertiary/aromatic N) is 5. The average molecular weight is 444 g/mol. The number of hydrogen-bond acceptors (Lipinski definition) is 5. The highest BCUT2D eigenvalue weighted by atomic mass is 32.2. The number of aryl methyl sites for hydroxylation is 2. The van der Waals surface area contributed by atoms with Crippen LogP contribution < -0.4 is 0 Å². The highest BCUT2D eigenvalue weighted by Crippen LogP contribution is 2.22. The highest BCUT2D eigenvalue weighted by Gasteiger charge is 2.19. The van der Waals surface area contributed by atoms with Crippen LogP contribution in [-0.4, -0.2) is 54.8 Å². The van der Waals surface area contributed by atoms with Gasteiger partial charge in [0.25, 0.3) is 10.0 Å². The molecule has 2 aromatic carbocycles. The molecular formula is C21H22FN5O3S. The van der Waals surface area contributed by atoms with E-state index in [0.29, 0.717) is 18.5 Å². The lowest BCUT2D eigenvalue weighted by atomic mass is 10.0. The third kappa shape index (κ3) is 5.02. The molecule has 1 aromatic heterocycles. The molecule has 3 aromatic rings. The second-order valence-electron chi connectivity index (χ2n) is 7.30. The largest absolute Gasteiger partial charge is 0.368 e. The molecule has 0 radical (unpaired) electrons. The van der Waals surface area contributed by atoms with Gasteiger partial charge in [0.05, 0.1) is 4.90 Å². The number of carbonyl (C=O) groups excluding carboxylic acids is 1. The van der Waals surface area contributed by atoms with E-state index < -0.39 is 15.8 Å². The van der Waals surface area contributed by atoms with Gasteiger partial charge < -0.3 is 4.90 Å². The van der Waals surface area contributed by atoms with Gasteiger partial charge in [-0.3, -0.25) is 4.79 Å². The Morgan fingerprint density at radius 3 is 2.55 bits per heavy atom. The summed E-state index contributed by atoms with van der Waals surface area (Å²) in [7, 11) is -0.818. The van der Waals surface area contributed by atoms with Gasteiger partial charge in [-0.1, -0.05) is 23.8 Å². The maximum absolute atomic E-state index is 14.9. The van der Waals surface area contributed by atoms with Gasteiger partial charge in [0.1, 0.15) is 23.7 Å². The van der Waals surface area contributed by atoms with Crippen molar-refractivity contribution >= 4 is 22.6 Å². The van der Waals surface area contributed by atoms with Crippen LogP contribution in [0.15, 0.2) is 45.7 Å². The van der Waals surface area contributed by atoms with E-state index in [1.54, 1.807) is 14.1 Å². The minimum absolute atomic E-state index is 0.0172. The first-order chi connectivity index (χ1) is 14.6. The number of aldehydes is 1. The normalized spacial score (nSPS) is 11.8. The number of carbonyl (C=O) groups is 1. The van der Waals surface area contributed by atoms with E-state index >= 15 is 0 Å². The fourth-order valence-electron chi connectivity index (χ4n) is 2.92. The molecule has 162 valence electrons. The Labute approximate surface area is 180 Å². The monoisotopic (exact) mass is 443 g/mol. The number of rotatable bonds is 7. The van der Waals surface area contributed by atoms with E-state index in [4.69, 9.17) is 0 Å². The zero-order chi connectivity index (χ0) is 22.8. The summed E-state index contributed by atoms with van der Waals surface area (Å²) in [6, 6.07) is 9.35.